The molecule has 0 bridgehead atoms. The second-order valence-electron chi connectivity index (χ2n) is 9.07. The van der Waals surface area contributed by atoms with Crippen LogP contribution in [0.3, 0.4) is 0 Å². The minimum absolute atomic E-state index is 0.0143. The molecule has 3 atom stereocenters. The molecule has 2 aliphatic rings. The highest BCUT2D eigenvalue weighted by atomic mass is 28.4. The molecule has 0 unspecified atom stereocenters. The monoisotopic (exact) mass is 410 g/mol. The van der Waals surface area contributed by atoms with Crippen LogP contribution in [0.2, 0.25) is 5.04 Å². The molecular formula is C24H30O4Si. The summed E-state index contributed by atoms with van der Waals surface area (Å²) in [5.41, 5.74) is 0. The topological polar surface area (TPSA) is 44.8 Å². The number of esters is 1. The fourth-order valence-corrected chi connectivity index (χ4v) is 9.35. The van der Waals surface area contributed by atoms with E-state index < -0.39 is 8.32 Å². The largest absolute Gasteiger partial charge is 0.459 e. The number of fused-ring (bicyclic) bond motifs is 1. The molecule has 2 fully saturated rings. The zero-order valence-corrected chi connectivity index (χ0v) is 18.5. The fraction of sp³-hybridized carbons (Fsp3) is 0.458. The Labute approximate surface area is 174 Å². The summed E-state index contributed by atoms with van der Waals surface area (Å²) in [6, 6.07) is 21.3. The van der Waals surface area contributed by atoms with Gasteiger partial charge in [-0.2, -0.15) is 0 Å². The van der Waals surface area contributed by atoms with Gasteiger partial charge in [0, 0.05) is 12.8 Å². The van der Waals surface area contributed by atoms with Crippen LogP contribution in [0.4, 0.5) is 0 Å². The van der Waals surface area contributed by atoms with E-state index in [9.17, 15) is 4.79 Å². The highest BCUT2D eigenvalue weighted by Gasteiger charge is 2.51. The average Bonchev–Trinajstić information content (AvgIpc) is 3.11. The fourth-order valence-electron chi connectivity index (χ4n) is 4.75. The molecule has 29 heavy (non-hydrogen) atoms. The van der Waals surface area contributed by atoms with E-state index in [4.69, 9.17) is 13.9 Å². The first kappa shape index (κ1) is 20.3. The minimum atomic E-state index is -2.57. The lowest BCUT2D eigenvalue weighted by molar-refractivity contribution is -0.159. The summed E-state index contributed by atoms with van der Waals surface area (Å²) in [5, 5.41) is 2.47. The number of carbonyl (C=O) groups excluding carboxylic acids is 1. The van der Waals surface area contributed by atoms with Gasteiger partial charge in [-0.15, -0.1) is 0 Å². The number of rotatable bonds is 5. The zero-order valence-electron chi connectivity index (χ0n) is 17.5. The van der Waals surface area contributed by atoms with E-state index in [2.05, 4.69) is 81.4 Å². The van der Waals surface area contributed by atoms with Crippen molar-refractivity contribution in [3.63, 3.8) is 0 Å². The first-order chi connectivity index (χ1) is 13.9. The van der Waals surface area contributed by atoms with Crippen molar-refractivity contribution >= 4 is 24.7 Å². The number of benzene rings is 2. The Bertz CT molecular complexity index is 791. The molecule has 0 saturated carbocycles. The van der Waals surface area contributed by atoms with Gasteiger partial charge >= 0.3 is 5.97 Å². The van der Waals surface area contributed by atoms with Crippen molar-refractivity contribution in [1.29, 1.82) is 0 Å². The molecule has 5 heteroatoms. The summed E-state index contributed by atoms with van der Waals surface area (Å²) >= 11 is 0. The number of hydrogen-bond acceptors (Lipinski definition) is 4. The van der Waals surface area contributed by atoms with Gasteiger partial charge in [0.1, 0.15) is 6.10 Å². The first-order valence-corrected chi connectivity index (χ1v) is 12.4. The van der Waals surface area contributed by atoms with Gasteiger partial charge in [0.2, 0.25) is 0 Å². The third-order valence-corrected chi connectivity index (χ3v) is 11.1. The van der Waals surface area contributed by atoms with E-state index in [0.29, 0.717) is 19.4 Å². The smallest absolute Gasteiger partial charge is 0.306 e. The Morgan fingerprint density at radius 2 is 1.55 bits per heavy atom. The molecule has 0 aromatic heterocycles. The third-order valence-electron chi connectivity index (χ3n) is 6.10. The molecule has 2 saturated heterocycles. The zero-order chi connectivity index (χ0) is 20.5. The summed E-state index contributed by atoms with van der Waals surface area (Å²) in [6.07, 6.45) is 1.76. The van der Waals surface area contributed by atoms with Crippen molar-refractivity contribution in [3.8, 4) is 0 Å². The normalized spacial score (nSPS) is 24.8. The maximum Gasteiger partial charge on any atom is 0.306 e. The van der Waals surface area contributed by atoms with E-state index in [1.807, 2.05) is 0 Å². The SMILES string of the molecule is CC(C)(C)[Si](OC[C@@H]1C[C@H]2OC(=O)CC[C@H]2O1)(c1ccccc1)c1ccccc1. The van der Waals surface area contributed by atoms with Crippen LogP contribution in [0.1, 0.15) is 40.0 Å². The Balaban J connectivity index is 1.64. The quantitative estimate of drug-likeness (QED) is 0.560. The Morgan fingerprint density at radius 3 is 2.10 bits per heavy atom. The van der Waals surface area contributed by atoms with Crippen LogP contribution >= 0.6 is 0 Å². The molecule has 0 spiro atoms. The average molecular weight is 411 g/mol. The van der Waals surface area contributed by atoms with Gasteiger partial charge < -0.3 is 13.9 Å². The van der Waals surface area contributed by atoms with Gasteiger partial charge in [0.05, 0.1) is 18.8 Å². The molecule has 2 aromatic carbocycles. The summed E-state index contributed by atoms with van der Waals surface area (Å²) in [5.74, 6) is -0.108. The molecule has 2 aromatic rings. The minimum Gasteiger partial charge on any atom is -0.459 e. The molecule has 2 aliphatic heterocycles. The molecule has 154 valence electrons. The van der Waals surface area contributed by atoms with E-state index in [1.54, 1.807) is 0 Å². The summed E-state index contributed by atoms with van der Waals surface area (Å²) in [4.78, 5) is 11.6. The highest BCUT2D eigenvalue weighted by Crippen LogP contribution is 2.38. The van der Waals surface area contributed by atoms with Gasteiger partial charge in [-0.05, 0) is 21.8 Å². The third kappa shape index (κ3) is 3.91. The molecule has 0 radical (unpaired) electrons. The van der Waals surface area contributed by atoms with Crippen LogP contribution < -0.4 is 10.4 Å². The van der Waals surface area contributed by atoms with E-state index in [1.165, 1.54) is 10.4 Å². The van der Waals surface area contributed by atoms with Crippen LogP contribution in [0.25, 0.3) is 0 Å². The van der Waals surface area contributed by atoms with Gasteiger partial charge in [-0.25, -0.2) is 0 Å². The van der Waals surface area contributed by atoms with Crippen LogP contribution in [0.5, 0.6) is 0 Å². The number of ether oxygens (including phenoxy) is 2. The molecule has 2 heterocycles. The van der Waals surface area contributed by atoms with E-state index in [-0.39, 0.29) is 29.3 Å². The van der Waals surface area contributed by atoms with Gasteiger partial charge in [0.15, 0.2) is 0 Å². The molecular weight excluding hydrogens is 380 g/mol. The van der Waals surface area contributed by atoms with Crippen molar-refractivity contribution in [2.24, 2.45) is 0 Å². The Hall–Kier alpha value is -1.95. The molecule has 4 rings (SSSR count). The van der Waals surface area contributed by atoms with Crippen molar-refractivity contribution in [2.75, 3.05) is 6.61 Å². The van der Waals surface area contributed by atoms with E-state index >= 15 is 0 Å². The maximum atomic E-state index is 11.6. The number of carbonyl (C=O) groups is 1. The highest BCUT2D eigenvalue weighted by molar-refractivity contribution is 6.99. The lowest BCUT2D eigenvalue weighted by atomic mass is 10.0. The molecule has 0 N–H and O–H groups in total. The molecule has 0 amide bonds. The van der Waals surface area contributed by atoms with Crippen molar-refractivity contribution in [3.05, 3.63) is 60.7 Å². The van der Waals surface area contributed by atoms with Gasteiger partial charge in [-0.3, -0.25) is 4.79 Å². The molecule has 0 aliphatic carbocycles. The van der Waals surface area contributed by atoms with Gasteiger partial charge in [-0.1, -0.05) is 81.4 Å². The first-order valence-electron chi connectivity index (χ1n) is 10.5. The Kier molecular flexibility index (Phi) is 5.64. The van der Waals surface area contributed by atoms with E-state index in [0.717, 1.165) is 6.42 Å². The van der Waals surface area contributed by atoms with Crippen LogP contribution in [0.15, 0.2) is 60.7 Å². The lowest BCUT2D eigenvalue weighted by Crippen LogP contribution is -2.67. The standard InChI is InChI=1S/C24H30O4Si/c1-24(2,3)29(19-10-6-4-7-11-19,20-12-8-5-9-13-20)26-17-18-16-22-21(27-18)14-15-23(25)28-22/h4-13,18,21-22H,14-17H2,1-3H3/t18-,21+,22+/m0/s1. The second-order valence-corrected chi connectivity index (χ2v) is 13.4. The summed E-state index contributed by atoms with van der Waals surface area (Å²) in [7, 11) is -2.57. The maximum absolute atomic E-state index is 11.6. The van der Waals surface area contributed by atoms with Crippen LogP contribution in [-0.4, -0.2) is 39.2 Å². The predicted octanol–water partition coefficient (Wildman–Crippen LogP) is 3.43. The van der Waals surface area contributed by atoms with Crippen molar-refractivity contribution < 1.29 is 18.7 Å². The second kappa shape index (κ2) is 8.05. The molecule has 4 nitrogen and oxygen atoms in total. The van der Waals surface area contributed by atoms with Crippen LogP contribution in [0, 0.1) is 0 Å². The summed E-state index contributed by atoms with van der Waals surface area (Å²) < 4.78 is 18.7. The lowest BCUT2D eigenvalue weighted by Gasteiger charge is -2.43. The van der Waals surface area contributed by atoms with Crippen molar-refractivity contribution in [2.45, 2.75) is 63.4 Å². The van der Waals surface area contributed by atoms with Gasteiger partial charge in [0.25, 0.3) is 8.32 Å². The number of hydrogen-bond donors (Lipinski definition) is 0. The Morgan fingerprint density at radius 1 is 0.966 bits per heavy atom. The van der Waals surface area contributed by atoms with Crippen molar-refractivity contribution in [1.82, 2.24) is 0 Å². The van der Waals surface area contributed by atoms with Crippen LogP contribution in [-0.2, 0) is 18.7 Å². The summed E-state index contributed by atoms with van der Waals surface area (Å²) in [6.45, 7) is 7.33. The predicted molar refractivity (Wildman–Crippen MR) is 116 cm³/mol.